The van der Waals surface area contributed by atoms with Gasteiger partial charge in [0.25, 0.3) is 0 Å². The molecule has 1 fully saturated rings. The lowest BCUT2D eigenvalue weighted by molar-refractivity contribution is -0.137. The number of amides is 1. The molecule has 5 nitrogen and oxygen atoms in total. The molecule has 27 heavy (non-hydrogen) atoms. The van der Waals surface area contributed by atoms with Gasteiger partial charge in [-0.15, -0.1) is 0 Å². The first-order chi connectivity index (χ1) is 13.0. The fourth-order valence-electron chi connectivity index (χ4n) is 3.73. The van der Waals surface area contributed by atoms with Crippen LogP contribution < -0.4 is 0 Å². The molecule has 1 atom stereocenters. The minimum absolute atomic E-state index is 0.0777. The smallest absolute Gasteiger partial charge is 0.228 e. The van der Waals surface area contributed by atoms with Gasteiger partial charge in [-0.2, -0.15) is 0 Å². The van der Waals surface area contributed by atoms with Crippen molar-refractivity contribution in [3.8, 4) is 11.5 Å². The number of halogens is 1. The molecule has 0 unspecified atom stereocenters. The molecule has 0 saturated carbocycles. The quantitative estimate of drug-likeness (QED) is 0.735. The number of nitrogens with zero attached hydrogens (tertiary/aromatic N) is 3. The van der Waals surface area contributed by atoms with E-state index in [1.165, 1.54) is 0 Å². The van der Waals surface area contributed by atoms with Gasteiger partial charge in [0.1, 0.15) is 5.76 Å². The summed E-state index contributed by atoms with van der Waals surface area (Å²) in [6.07, 6.45) is 2.00. The summed E-state index contributed by atoms with van der Waals surface area (Å²) < 4.78 is 5.87. The van der Waals surface area contributed by atoms with E-state index in [9.17, 15) is 4.79 Å². The Bertz CT molecular complexity index is 785. The highest BCUT2D eigenvalue weighted by Crippen LogP contribution is 2.29. The number of hydrogen-bond donors (Lipinski definition) is 0. The molecule has 1 aromatic heterocycles. The molecule has 0 bridgehead atoms. The molecule has 6 heteroatoms. The fraction of sp³-hybridized carbons (Fsp3) is 0.524. The van der Waals surface area contributed by atoms with Gasteiger partial charge in [-0.25, -0.2) is 4.98 Å². The van der Waals surface area contributed by atoms with Crippen LogP contribution in [-0.4, -0.2) is 46.9 Å². The molecule has 2 heterocycles. The van der Waals surface area contributed by atoms with Crippen LogP contribution in [0.25, 0.3) is 11.5 Å². The first-order valence-corrected chi connectivity index (χ1v) is 10.1. The van der Waals surface area contributed by atoms with E-state index in [2.05, 4.69) is 9.88 Å². The minimum atomic E-state index is 0.0777. The van der Waals surface area contributed by atoms with Gasteiger partial charge >= 0.3 is 0 Å². The Hall–Kier alpha value is -1.85. The maximum atomic E-state index is 12.7. The second kappa shape index (κ2) is 8.89. The predicted octanol–water partition coefficient (Wildman–Crippen LogP) is 4.38. The third-order valence-electron chi connectivity index (χ3n) is 5.30. The Kier molecular flexibility index (Phi) is 6.55. The molecule has 146 valence electrons. The van der Waals surface area contributed by atoms with Crippen molar-refractivity contribution in [2.24, 2.45) is 5.92 Å². The largest absolute Gasteiger partial charge is 0.441 e. The monoisotopic (exact) mass is 389 g/mol. The number of benzene rings is 1. The average Bonchev–Trinajstić information content (AvgIpc) is 3.03. The van der Waals surface area contributed by atoms with Crippen molar-refractivity contribution in [1.29, 1.82) is 0 Å². The van der Waals surface area contributed by atoms with Crippen LogP contribution in [0.3, 0.4) is 0 Å². The number of rotatable bonds is 6. The molecule has 2 aromatic rings. The van der Waals surface area contributed by atoms with Gasteiger partial charge in [0.05, 0.1) is 22.2 Å². The first-order valence-electron chi connectivity index (χ1n) is 9.75. The summed E-state index contributed by atoms with van der Waals surface area (Å²) in [5.74, 6) is 1.72. The van der Waals surface area contributed by atoms with Crippen molar-refractivity contribution >= 4 is 17.5 Å². The number of aromatic nitrogens is 1. The van der Waals surface area contributed by atoms with E-state index in [4.69, 9.17) is 16.0 Å². The molecule has 3 rings (SSSR count). The Morgan fingerprint density at radius 3 is 2.78 bits per heavy atom. The van der Waals surface area contributed by atoms with Crippen LogP contribution in [0.15, 0.2) is 28.7 Å². The molecular weight excluding hydrogens is 362 g/mol. The van der Waals surface area contributed by atoms with E-state index < -0.39 is 0 Å². The molecule has 1 amide bonds. The molecule has 0 aliphatic carbocycles. The Labute approximate surface area is 166 Å². The number of carbonyl (C=O) groups is 1. The SMILES string of the molecule is CCN(CC)C(=O)[C@H]1CCCN(Cc2nc(-c3ccccc3Cl)oc2C)C1. The summed E-state index contributed by atoms with van der Waals surface area (Å²) in [6, 6.07) is 7.57. The van der Waals surface area contributed by atoms with Gasteiger partial charge in [-0.05, 0) is 52.3 Å². The van der Waals surface area contributed by atoms with Crippen LogP contribution in [-0.2, 0) is 11.3 Å². The van der Waals surface area contributed by atoms with Gasteiger partial charge in [-0.1, -0.05) is 23.7 Å². The third kappa shape index (κ3) is 4.53. The lowest BCUT2D eigenvalue weighted by atomic mass is 9.96. The van der Waals surface area contributed by atoms with Gasteiger partial charge in [0.2, 0.25) is 11.8 Å². The zero-order chi connectivity index (χ0) is 19.4. The second-order valence-corrected chi connectivity index (χ2v) is 7.49. The van der Waals surface area contributed by atoms with Crippen LogP contribution in [0.2, 0.25) is 5.02 Å². The summed E-state index contributed by atoms with van der Waals surface area (Å²) >= 11 is 6.27. The maximum absolute atomic E-state index is 12.7. The Balaban J connectivity index is 1.70. The molecule has 1 saturated heterocycles. The summed E-state index contributed by atoms with van der Waals surface area (Å²) in [7, 11) is 0. The van der Waals surface area contributed by atoms with Crippen molar-refractivity contribution in [3.05, 3.63) is 40.7 Å². The van der Waals surface area contributed by atoms with Crippen molar-refractivity contribution in [3.63, 3.8) is 0 Å². The first kappa shape index (κ1) is 19.9. The molecule has 0 spiro atoms. The number of likely N-dealkylation sites (tertiary alicyclic amines) is 1. The standard InChI is InChI=1S/C21H28ClN3O2/c1-4-25(5-2)21(26)16-9-8-12-24(13-16)14-19-15(3)27-20(23-19)17-10-6-7-11-18(17)22/h6-7,10-11,16H,4-5,8-9,12-14H2,1-3H3/t16-/m0/s1. The molecule has 0 N–H and O–H groups in total. The van der Waals surface area contributed by atoms with Crippen LogP contribution in [0.1, 0.15) is 38.1 Å². The van der Waals surface area contributed by atoms with Gasteiger partial charge in [0, 0.05) is 26.2 Å². The van der Waals surface area contributed by atoms with E-state index >= 15 is 0 Å². The Morgan fingerprint density at radius 1 is 1.33 bits per heavy atom. The molecule has 1 aromatic carbocycles. The Morgan fingerprint density at radius 2 is 2.07 bits per heavy atom. The van der Waals surface area contributed by atoms with Gasteiger partial charge in [-0.3, -0.25) is 9.69 Å². The summed E-state index contributed by atoms with van der Waals surface area (Å²) in [4.78, 5) is 21.6. The average molecular weight is 390 g/mol. The van der Waals surface area contributed by atoms with Crippen molar-refractivity contribution in [2.75, 3.05) is 26.2 Å². The second-order valence-electron chi connectivity index (χ2n) is 7.09. The minimum Gasteiger partial charge on any atom is -0.441 e. The molecule has 0 radical (unpaired) electrons. The number of hydrogen-bond acceptors (Lipinski definition) is 4. The predicted molar refractivity (Wildman–Crippen MR) is 108 cm³/mol. The van der Waals surface area contributed by atoms with Gasteiger partial charge < -0.3 is 9.32 Å². The van der Waals surface area contributed by atoms with Crippen LogP contribution >= 0.6 is 11.6 Å². The number of aryl methyl sites for hydroxylation is 1. The fourth-order valence-corrected chi connectivity index (χ4v) is 3.95. The van der Waals surface area contributed by atoms with Crippen LogP contribution in [0, 0.1) is 12.8 Å². The summed E-state index contributed by atoms with van der Waals surface area (Å²) in [6.45, 7) is 10.0. The number of piperidine rings is 1. The van der Waals surface area contributed by atoms with Crippen LogP contribution in [0.5, 0.6) is 0 Å². The zero-order valence-electron chi connectivity index (χ0n) is 16.4. The number of carbonyl (C=O) groups excluding carboxylic acids is 1. The van der Waals surface area contributed by atoms with Gasteiger partial charge in [0.15, 0.2) is 0 Å². The van der Waals surface area contributed by atoms with E-state index in [0.717, 1.165) is 56.0 Å². The lowest BCUT2D eigenvalue weighted by Crippen LogP contribution is -2.44. The van der Waals surface area contributed by atoms with E-state index in [-0.39, 0.29) is 11.8 Å². The highest BCUT2D eigenvalue weighted by molar-refractivity contribution is 6.33. The molecule has 1 aliphatic heterocycles. The van der Waals surface area contributed by atoms with Crippen LogP contribution in [0.4, 0.5) is 0 Å². The third-order valence-corrected chi connectivity index (χ3v) is 5.63. The van der Waals surface area contributed by atoms with Crippen molar-refractivity contribution < 1.29 is 9.21 Å². The van der Waals surface area contributed by atoms with E-state index in [0.29, 0.717) is 17.5 Å². The van der Waals surface area contributed by atoms with Crippen molar-refractivity contribution in [1.82, 2.24) is 14.8 Å². The molecule has 1 aliphatic rings. The maximum Gasteiger partial charge on any atom is 0.228 e. The molecular formula is C21H28ClN3O2. The topological polar surface area (TPSA) is 49.6 Å². The highest BCUT2D eigenvalue weighted by atomic mass is 35.5. The summed E-state index contributed by atoms with van der Waals surface area (Å²) in [5, 5.41) is 0.633. The summed E-state index contributed by atoms with van der Waals surface area (Å²) in [5.41, 5.74) is 1.72. The number of oxazole rings is 1. The zero-order valence-corrected chi connectivity index (χ0v) is 17.1. The van der Waals surface area contributed by atoms with E-state index in [1.54, 1.807) is 0 Å². The normalized spacial score (nSPS) is 17.9. The lowest BCUT2D eigenvalue weighted by Gasteiger charge is -2.34. The highest BCUT2D eigenvalue weighted by Gasteiger charge is 2.29. The van der Waals surface area contributed by atoms with E-state index in [1.807, 2.05) is 49.9 Å². The van der Waals surface area contributed by atoms with Crippen molar-refractivity contribution in [2.45, 2.75) is 40.2 Å².